The SMILES string of the molecule is COc1ccc(NC(C)=O)cc1S(=O)(=O)N(c1cccc(O)c1)[C@@H]1CS(=O)(=O)C[C@H]1O. The summed E-state index contributed by atoms with van der Waals surface area (Å²) in [5.41, 5.74) is 0.149. The fourth-order valence-electron chi connectivity index (χ4n) is 3.44. The molecule has 1 aliphatic heterocycles. The molecular weight excluding hydrogens is 448 g/mol. The van der Waals surface area contributed by atoms with Gasteiger partial charge in [-0.05, 0) is 30.3 Å². The van der Waals surface area contributed by atoms with Gasteiger partial charge in [-0.1, -0.05) is 6.07 Å². The number of benzene rings is 2. The number of hydrogen-bond acceptors (Lipinski definition) is 8. The smallest absolute Gasteiger partial charge is 0.268 e. The summed E-state index contributed by atoms with van der Waals surface area (Å²) in [4.78, 5) is 11.1. The van der Waals surface area contributed by atoms with Crippen LogP contribution >= 0.6 is 0 Å². The Bertz CT molecular complexity index is 1210. The monoisotopic (exact) mass is 470 g/mol. The van der Waals surface area contributed by atoms with Gasteiger partial charge in [0.15, 0.2) is 9.84 Å². The molecule has 0 aliphatic carbocycles. The average Bonchev–Trinajstić information content (AvgIpc) is 2.93. The minimum atomic E-state index is -4.52. The van der Waals surface area contributed by atoms with Crippen LogP contribution in [-0.2, 0) is 24.7 Å². The summed E-state index contributed by atoms with van der Waals surface area (Å²) in [6.45, 7) is 1.26. The summed E-state index contributed by atoms with van der Waals surface area (Å²) in [5.74, 6) is -1.90. The van der Waals surface area contributed by atoms with E-state index in [9.17, 15) is 31.8 Å². The van der Waals surface area contributed by atoms with Gasteiger partial charge in [0.25, 0.3) is 10.0 Å². The highest BCUT2D eigenvalue weighted by atomic mass is 32.2. The van der Waals surface area contributed by atoms with E-state index in [1.54, 1.807) is 0 Å². The van der Waals surface area contributed by atoms with E-state index in [0.717, 1.165) is 10.4 Å². The van der Waals surface area contributed by atoms with Crippen molar-refractivity contribution in [2.75, 3.05) is 28.2 Å². The highest BCUT2D eigenvalue weighted by molar-refractivity contribution is 7.93. The predicted octanol–water partition coefficient (Wildman–Crippen LogP) is 0.712. The van der Waals surface area contributed by atoms with E-state index in [0.29, 0.717) is 0 Å². The van der Waals surface area contributed by atoms with Gasteiger partial charge in [-0.2, -0.15) is 0 Å². The van der Waals surface area contributed by atoms with Crippen molar-refractivity contribution in [2.45, 2.75) is 24.0 Å². The molecule has 1 amide bonds. The molecule has 0 bridgehead atoms. The predicted molar refractivity (Wildman–Crippen MR) is 114 cm³/mol. The molecule has 0 unspecified atom stereocenters. The van der Waals surface area contributed by atoms with E-state index in [-0.39, 0.29) is 27.8 Å². The number of ether oxygens (including phenoxy) is 1. The lowest BCUT2D eigenvalue weighted by Gasteiger charge is -2.32. The van der Waals surface area contributed by atoms with Crippen LogP contribution in [0.2, 0.25) is 0 Å². The Morgan fingerprint density at radius 3 is 2.45 bits per heavy atom. The van der Waals surface area contributed by atoms with Crippen molar-refractivity contribution in [1.29, 1.82) is 0 Å². The Kier molecular flexibility index (Phi) is 6.16. The minimum absolute atomic E-state index is 0.0341. The molecule has 2 aromatic carbocycles. The number of phenols is 1. The third kappa shape index (κ3) is 4.75. The number of aliphatic hydroxyl groups is 1. The maximum absolute atomic E-state index is 13.8. The van der Waals surface area contributed by atoms with E-state index < -0.39 is 49.4 Å². The Balaban J connectivity index is 2.22. The second-order valence-corrected chi connectivity index (χ2v) is 11.0. The van der Waals surface area contributed by atoms with Crippen LogP contribution in [0.3, 0.4) is 0 Å². The van der Waals surface area contributed by atoms with Crippen molar-refractivity contribution in [1.82, 2.24) is 0 Å². The number of amides is 1. The number of hydrogen-bond donors (Lipinski definition) is 3. The standard InChI is InChI=1S/C19H22N2O8S2/c1-12(22)20-13-6-7-18(29-2)19(8-13)31(27,28)21(14-4-3-5-15(23)9-14)16-10-30(25,26)11-17(16)24/h3-9,16-17,23-24H,10-11H2,1-2H3,(H,20,22)/t16-,17-/m1/s1. The lowest BCUT2D eigenvalue weighted by molar-refractivity contribution is -0.114. The Morgan fingerprint density at radius 1 is 1.19 bits per heavy atom. The van der Waals surface area contributed by atoms with Gasteiger partial charge in [-0.25, -0.2) is 16.8 Å². The number of nitrogens with zero attached hydrogens (tertiary/aromatic N) is 1. The number of aromatic hydroxyl groups is 1. The average molecular weight is 471 g/mol. The second-order valence-electron chi connectivity index (χ2n) is 7.08. The molecule has 1 saturated heterocycles. The number of sulfone groups is 1. The highest BCUT2D eigenvalue weighted by Crippen LogP contribution is 2.36. The number of phenolic OH excluding ortho intramolecular Hbond substituents is 1. The number of aliphatic hydroxyl groups excluding tert-OH is 1. The van der Waals surface area contributed by atoms with Gasteiger partial charge >= 0.3 is 0 Å². The van der Waals surface area contributed by atoms with Gasteiger partial charge in [-0.15, -0.1) is 0 Å². The third-order valence-electron chi connectivity index (χ3n) is 4.70. The minimum Gasteiger partial charge on any atom is -0.508 e. The lowest BCUT2D eigenvalue weighted by Crippen LogP contribution is -2.47. The number of methoxy groups -OCH3 is 1. The van der Waals surface area contributed by atoms with Crippen molar-refractivity contribution in [3.8, 4) is 11.5 Å². The summed E-state index contributed by atoms with van der Waals surface area (Å²) >= 11 is 0. The molecule has 3 rings (SSSR count). The van der Waals surface area contributed by atoms with Crippen LogP contribution in [0.5, 0.6) is 11.5 Å². The molecule has 10 nitrogen and oxygen atoms in total. The third-order valence-corrected chi connectivity index (χ3v) is 8.27. The molecule has 1 fully saturated rings. The number of carbonyl (C=O) groups is 1. The van der Waals surface area contributed by atoms with Gasteiger partial charge in [-0.3, -0.25) is 9.10 Å². The quantitative estimate of drug-likeness (QED) is 0.559. The van der Waals surface area contributed by atoms with E-state index >= 15 is 0 Å². The summed E-state index contributed by atoms with van der Waals surface area (Å²) < 4.78 is 57.7. The van der Waals surface area contributed by atoms with Crippen LogP contribution in [-0.4, -0.2) is 63.7 Å². The number of carbonyl (C=O) groups excluding carboxylic acids is 1. The molecule has 31 heavy (non-hydrogen) atoms. The van der Waals surface area contributed by atoms with Gasteiger partial charge in [0, 0.05) is 18.7 Å². The van der Waals surface area contributed by atoms with Crippen LogP contribution in [0.4, 0.5) is 11.4 Å². The summed E-state index contributed by atoms with van der Waals surface area (Å²) in [5, 5.41) is 22.8. The summed E-state index contributed by atoms with van der Waals surface area (Å²) in [6, 6.07) is 7.90. The fraction of sp³-hybridized carbons (Fsp3) is 0.316. The van der Waals surface area contributed by atoms with Crippen LogP contribution < -0.4 is 14.4 Å². The molecule has 2 aromatic rings. The Hall–Kier alpha value is -2.83. The molecule has 168 valence electrons. The molecule has 0 radical (unpaired) electrons. The summed E-state index contributed by atoms with van der Waals surface area (Å²) in [6.07, 6.45) is -1.48. The lowest BCUT2D eigenvalue weighted by atomic mass is 10.2. The van der Waals surface area contributed by atoms with Crippen LogP contribution in [0.25, 0.3) is 0 Å². The highest BCUT2D eigenvalue weighted by Gasteiger charge is 2.45. The van der Waals surface area contributed by atoms with E-state index in [1.807, 2.05) is 0 Å². The Morgan fingerprint density at radius 2 is 1.90 bits per heavy atom. The number of nitrogens with one attached hydrogen (secondary N) is 1. The first-order valence-corrected chi connectivity index (χ1v) is 12.4. The molecule has 0 aromatic heterocycles. The maximum atomic E-state index is 13.8. The van der Waals surface area contributed by atoms with E-state index in [4.69, 9.17) is 4.74 Å². The van der Waals surface area contributed by atoms with Crippen molar-refractivity contribution in [2.24, 2.45) is 0 Å². The van der Waals surface area contributed by atoms with Crippen LogP contribution in [0.1, 0.15) is 6.92 Å². The van der Waals surface area contributed by atoms with E-state index in [1.165, 1.54) is 50.4 Å². The van der Waals surface area contributed by atoms with Gasteiger partial charge < -0.3 is 20.3 Å². The zero-order valence-corrected chi connectivity index (χ0v) is 18.4. The molecular formula is C19H22N2O8S2. The number of rotatable bonds is 6. The maximum Gasteiger partial charge on any atom is 0.268 e. The van der Waals surface area contributed by atoms with Crippen LogP contribution in [0.15, 0.2) is 47.4 Å². The first kappa shape index (κ1) is 22.8. The normalized spacial score (nSPS) is 20.2. The molecule has 3 N–H and O–H groups in total. The molecule has 1 aliphatic rings. The number of anilines is 2. The molecule has 0 spiro atoms. The second kappa shape index (κ2) is 8.36. The number of sulfonamides is 1. The van der Waals surface area contributed by atoms with Crippen LogP contribution in [0, 0.1) is 0 Å². The zero-order chi connectivity index (χ0) is 23.0. The van der Waals surface area contributed by atoms with Crippen molar-refractivity contribution < 1.29 is 36.6 Å². The fourth-order valence-corrected chi connectivity index (χ4v) is 7.16. The molecule has 1 heterocycles. The summed E-state index contributed by atoms with van der Waals surface area (Å²) in [7, 11) is -6.95. The molecule has 2 atom stereocenters. The molecule has 0 saturated carbocycles. The largest absolute Gasteiger partial charge is 0.508 e. The van der Waals surface area contributed by atoms with Gasteiger partial charge in [0.1, 0.15) is 16.4 Å². The van der Waals surface area contributed by atoms with Crippen molar-refractivity contribution in [3.63, 3.8) is 0 Å². The van der Waals surface area contributed by atoms with E-state index in [2.05, 4.69) is 5.32 Å². The first-order chi connectivity index (χ1) is 14.4. The molecule has 12 heteroatoms. The van der Waals surface area contributed by atoms with Crippen molar-refractivity contribution >= 4 is 37.1 Å². The zero-order valence-electron chi connectivity index (χ0n) is 16.7. The topological polar surface area (TPSA) is 150 Å². The van der Waals surface area contributed by atoms with Gasteiger partial charge in [0.2, 0.25) is 5.91 Å². The van der Waals surface area contributed by atoms with Crippen molar-refractivity contribution in [3.05, 3.63) is 42.5 Å². The first-order valence-electron chi connectivity index (χ1n) is 9.12. The Labute approximate surface area is 180 Å². The van der Waals surface area contributed by atoms with Gasteiger partial charge in [0.05, 0.1) is 36.4 Å².